The minimum Gasteiger partial charge on any atom is -0.468 e. The van der Waals surface area contributed by atoms with E-state index in [0.717, 1.165) is 10.8 Å². The summed E-state index contributed by atoms with van der Waals surface area (Å²) < 4.78 is 5.74. The lowest BCUT2D eigenvalue weighted by atomic mass is 10.0. The number of nitrogens with one attached hydrogen (secondary N) is 1. The lowest BCUT2D eigenvalue weighted by Crippen LogP contribution is -2.39. The van der Waals surface area contributed by atoms with Gasteiger partial charge in [-0.3, -0.25) is 4.79 Å². The van der Waals surface area contributed by atoms with Gasteiger partial charge in [-0.1, -0.05) is 29.5 Å². The Labute approximate surface area is 86.4 Å². The number of ether oxygens (including phenoxy) is 1. The Morgan fingerprint density at radius 3 is 2.83 bits per heavy atom. The van der Waals surface area contributed by atoms with Gasteiger partial charge in [0.15, 0.2) is 0 Å². The van der Waals surface area contributed by atoms with Gasteiger partial charge in [-0.05, 0) is 12.3 Å². The molecule has 4 heteroatoms. The summed E-state index contributed by atoms with van der Waals surface area (Å²) in [5.74, 6) is 0.270. The van der Waals surface area contributed by atoms with E-state index in [0.29, 0.717) is 12.0 Å². The molecular formula is C8H14INO2. The van der Waals surface area contributed by atoms with Crippen LogP contribution in [-0.4, -0.2) is 29.6 Å². The maximum Gasteiger partial charge on any atom is 0.323 e. The minimum absolute atomic E-state index is 0.0882. The van der Waals surface area contributed by atoms with Crippen molar-refractivity contribution in [2.75, 3.05) is 11.5 Å². The Kier molecular flexibility index (Phi) is 3.77. The zero-order valence-electron chi connectivity index (χ0n) is 7.34. The first-order chi connectivity index (χ1) is 5.69. The van der Waals surface area contributed by atoms with Crippen LogP contribution < -0.4 is 5.32 Å². The summed E-state index contributed by atoms with van der Waals surface area (Å²) in [6.45, 7) is 2.08. The van der Waals surface area contributed by atoms with E-state index in [2.05, 4.69) is 34.8 Å². The molecule has 0 radical (unpaired) electrons. The van der Waals surface area contributed by atoms with Crippen LogP contribution in [0.5, 0.6) is 0 Å². The molecular weight excluding hydrogens is 269 g/mol. The summed E-state index contributed by atoms with van der Waals surface area (Å²) in [5, 5.41) is 3.26. The maximum atomic E-state index is 11.2. The summed E-state index contributed by atoms with van der Waals surface area (Å²) in [5.41, 5.74) is 0. The second-order valence-corrected chi connectivity index (χ2v) is 4.11. The molecule has 12 heavy (non-hydrogen) atoms. The zero-order valence-corrected chi connectivity index (χ0v) is 9.50. The summed E-state index contributed by atoms with van der Waals surface area (Å²) >= 11 is 2.33. The van der Waals surface area contributed by atoms with Crippen LogP contribution in [0.25, 0.3) is 0 Å². The number of alkyl halides is 1. The van der Waals surface area contributed by atoms with Gasteiger partial charge in [-0.25, -0.2) is 0 Å². The first-order valence-corrected chi connectivity index (χ1v) is 5.61. The molecule has 1 aliphatic heterocycles. The van der Waals surface area contributed by atoms with E-state index < -0.39 is 0 Å². The number of carbonyl (C=O) groups excluding carboxylic acids is 1. The van der Waals surface area contributed by atoms with Crippen LogP contribution in [0.2, 0.25) is 0 Å². The van der Waals surface area contributed by atoms with Gasteiger partial charge in [0.25, 0.3) is 0 Å². The highest BCUT2D eigenvalue weighted by Crippen LogP contribution is 2.21. The molecule has 0 aliphatic carbocycles. The van der Waals surface area contributed by atoms with Crippen molar-refractivity contribution in [3.8, 4) is 0 Å². The van der Waals surface area contributed by atoms with Crippen molar-refractivity contribution in [2.45, 2.75) is 25.4 Å². The van der Waals surface area contributed by atoms with Crippen LogP contribution in [0.1, 0.15) is 13.3 Å². The zero-order chi connectivity index (χ0) is 9.14. The fraction of sp³-hybridized carbons (Fsp3) is 0.875. The van der Waals surface area contributed by atoms with Gasteiger partial charge < -0.3 is 10.1 Å². The van der Waals surface area contributed by atoms with Gasteiger partial charge in [0.1, 0.15) is 6.04 Å². The molecule has 0 aromatic heterocycles. The maximum absolute atomic E-state index is 11.2. The average molecular weight is 283 g/mol. The predicted molar refractivity (Wildman–Crippen MR) is 55.4 cm³/mol. The Morgan fingerprint density at radius 2 is 2.42 bits per heavy atom. The third-order valence-electron chi connectivity index (χ3n) is 2.28. The van der Waals surface area contributed by atoms with Crippen molar-refractivity contribution in [1.82, 2.24) is 5.32 Å². The van der Waals surface area contributed by atoms with E-state index in [-0.39, 0.29) is 12.0 Å². The molecule has 70 valence electrons. The van der Waals surface area contributed by atoms with Gasteiger partial charge in [0.05, 0.1) is 7.11 Å². The highest BCUT2D eigenvalue weighted by molar-refractivity contribution is 14.1. The largest absolute Gasteiger partial charge is 0.468 e. The van der Waals surface area contributed by atoms with E-state index in [9.17, 15) is 4.79 Å². The molecule has 1 aliphatic rings. The lowest BCUT2D eigenvalue weighted by molar-refractivity contribution is -0.143. The van der Waals surface area contributed by atoms with Crippen molar-refractivity contribution in [2.24, 2.45) is 5.92 Å². The van der Waals surface area contributed by atoms with Gasteiger partial charge >= 0.3 is 5.97 Å². The molecule has 1 fully saturated rings. The van der Waals surface area contributed by atoms with Crippen LogP contribution in [0.3, 0.4) is 0 Å². The molecule has 0 bridgehead atoms. The Bertz CT molecular complexity index is 174. The summed E-state index contributed by atoms with van der Waals surface area (Å²) in [6.07, 6.45) is 1.07. The highest BCUT2D eigenvalue weighted by atomic mass is 127. The van der Waals surface area contributed by atoms with Crippen molar-refractivity contribution in [1.29, 1.82) is 0 Å². The van der Waals surface area contributed by atoms with E-state index in [1.54, 1.807) is 0 Å². The fourth-order valence-corrected chi connectivity index (χ4v) is 2.22. The third kappa shape index (κ3) is 2.10. The Morgan fingerprint density at radius 1 is 1.75 bits per heavy atom. The number of halogens is 1. The predicted octanol–water partition coefficient (Wildman–Crippen LogP) is 0.961. The van der Waals surface area contributed by atoms with E-state index in [4.69, 9.17) is 4.74 Å². The van der Waals surface area contributed by atoms with Crippen LogP contribution in [-0.2, 0) is 9.53 Å². The number of hydrogen-bond acceptors (Lipinski definition) is 3. The van der Waals surface area contributed by atoms with Crippen molar-refractivity contribution in [3.05, 3.63) is 0 Å². The third-order valence-corrected chi connectivity index (χ3v) is 3.35. The molecule has 3 atom stereocenters. The summed E-state index contributed by atoms with van der Waals surface area (Å²) in [6, 6.07) is 0.388. The number of esters is 1. The molecule has 1 heterocycles. The highest BCUT2D eigenvalue weighted by Gasteiger charge is 2.35. The number of rotatable bonds is 2. The topological polar surface area (TPSA) is 38.3 Å². The standard InChI is InChI=1S/C8H14INO2/c1-5-3-6(4-9)10-7(5)8(11)12-2/h5-7,10H,3-4H2,1-2H3/t5-,6?,7-/m0/s1. The van der Waals surface area contributed by atoms with Gasteiger partial charge in [-0.2, -0.15) is 0 Å². The van der Waals surface area contributed by atoms with Crippen molar-refractivity contribution in [3.63, 3.8) is 0 Å². The molecule has 0 saturated carbocycles. The average Bonchev–Trinajstić information content (AvgIpc) is 2.45. The summed E-state index contributed by atoms with van der Waals surface area (Å²) in [4.78, 5) is 11.2. The van der Waals surface area contributed by atoms with E-state index in [1.807, 2.05) is 0 Å². The molecule has 1 N–H and O–H groups in total. The molecule has 0 aromatic carbocycles. The van der Waals surface area contributed by atoms with Crippen molar-refractivity contribution < 1.29 is 9.53 Å². The van der Waals surface area contributed by atoms with E-state index >= 15 is 0 Å². The molecule has 0 aromatic rings. The molecule has 1 rings (SSSR count). The van der Waals surface area contributed by atoms with Crippen LogP contribution in [0.15, 0.2) is 0 Å². The second-order valence-electron chi connectivity index (χ2n) is 3.23. The SMILES string of the molecule is COC(=O)[C@H]1NC(CI)C[C@@H]1C. The van der Waals surface area contributed by atoms with E-state index in [1.165, 1.54) is 7.11 Å². The molecule has 0 amide bonds. The molecule has 1 saturated heterocycles. The lowest BCUT2D eigenvalue weighted by Gasteiger charge is -2.12. The molecule has 1 unspecified atom stereocenters. The first kappa shape index (κ1) is 10.2. The Hall–Kier alpha value is 0.160. The van der Waals surface area contributed by atoms with Gasteiger partial charge in [0.2, 0.25) is 0 Å². The van der Waals surface area contributed by atoms with Crippen LogP contribution >= 0.6 is 22.6 Å². The number of methoxy groups -OCH3 is 1. The van der Waals surface area contributed by atoms with Crippen LogP contribution in [0.4, 0.5) is 0 Å². The molecule has 3 nitrogen and oxygen atoms in total. The quantitative estimate of drug-likeness (QED) is 0.466. The van der Waals surface area contributed by atoms with Gasteiger partial charge in [0, 0.05) is 10.5 Å². The Balaban J connectivity index is 2.51. The van der Waals surface area contributed by atoms with Gasteiger partial charge in [-0.15, -0.1) is 0 Å². The number of hydrogen-bond donors (Lipinski definition) is 1. The molecule has 0 spiro atoms. The monoisotopic (exact) mass is 283 g/mol. The summed E-state index contributed by atoms with van der Waals surface area (Å²) in [7, 11) is 1.44. The number of carbonyl (C=O) groups is 1. The minimum atomic E-state index is -0.130. The van der Waals surface area contributed by atoms with Crippen LogP contribution in [0, 0.1) is 5.92 Å². The first-order valence-electron chi connectivity index (χ1n) is 4.09. The smallest absolute Gasteiger partial charge is 0.323 e. The second kappa shape index (κ2) is 4.41. The normalized spacial score (nSPS) is 35.1. The fourth-order valence-electron chi connectivity index (χ4n) is 1.61. The van der Waals surface area contributed by atoms with Crippen molar-refractivity contribution >= 4 is 28.6 Å².